The molecule has 0 saturated carbocycles. The molecule has 0 radical (unpaired) electrons. The molecule has 0 unspecified atom stereocenters. The van der Waals surface area contributed by atoms with Crippen LogP contribution in [-0.2, 0) is 4.74 Å². The lowest BCUT2D eigenvalue weighted by Crippen LogP contribution is -2.51. The largest absolute Gasteiger partial charge is 0.379 e. The smallest absolute Gasteiger partial charge is 0.283 e. The summed E-state index contributed by atoms with van der Waals surface area (Å²) >= 11 is 1.49. The molecule has 0 aromatic carbocycles. The van der Waals surface area contributed by atoms with Gasteiger partial charge in [-0.25, -0.2) is 4.98 Å². The highest BCUT2D eigenvalue weighted by Gasteiger charge is 2.30. The van der Waals surface area contributed by atoms with E-state index in [2.05, 4.69) is 28.6 Å². The van der Waals surface area contributed by atoms with Gasteiger partial charge in [-0.2, -0.15) is 0 Å². The Morgan fingerprint density at radius 3 is 2.83 bits per heavy atom. The number of likely N-dealkylation sites (tertiary alicyclic amines) is 1. The molecule has 5 nitrogen and oxygen atoms in total. The predicted octanol–water partition coefficient (Wildman–Crippen LogP) is 2.59. The minimum Gasteiger partial charge on any atom is -0.379 e. The molecule has 2 fully saturated rings. The summed E-state index contributed by atoms with van der Waals surface area (Å²) in [5.41, 5.74) is 1.03. The molecule has 6 heteroatoms. The number of carbonyl (C=O) groups is 1. The second kappa shape index (κ2) is 7.73. The van der Waals surface area contributed by atoms with Gasteiger partial charge in [0.1, 0.15) is 0 Å². The van der Waals surface area contributed by atoms with Gasteiger partial charge in [-0.1, -0.05) is 13.8 Å². The predicted molar refractivity (Wildman–Crippen MR) is 92.1 cm³/mol. The molecular weight excluding hydrogens is 310 g/mol. The third-order valence-electron chi connectivity index (χ3n) is 4.76. The maximum Gasteiger partial charge on any atom is 0.283 e. The van der Waals surface area contributed by atoms with Gasteiger partial charge in [0, 0.05) is 37.6 Å². The van der Waals surface area contributed by atoms with Gasteiger partial charge >= 0.3 is 0 Å². The molecule has 1 amide bonds. The molecule has 1 atom stereocenters. The molecule has 0 aliphatic carbocycles. The number of morpholine rings is 1. The van der Waals surface area contributed by atoms with Crippen molar-refractivity contribution in [2.45, 2.75) is 45.1 Å². The van der Waals surface area contributed by atoms with Crippen LogP contribution in [0, 0.1) is 0 Å². The van der Waals surface area contributed by atoms with Crippen LogP contribution in [0.3, 0.4) is 0 Å². The zero-order valence-corrected chi connectivity index (χ0v) is 15.0. The van der Waals surface area contributed by atoms with Gasteiger partial charge in [0.05, 0.1) is 18.9 Å². The van der Waals surface area contributed by atoms with E-state index in [0.29, 0.717) is 17.0 Å². The van der Waals surface area contributed by atoms with Crippen LogP contribution in [0.2, 0.25) is 0 Å². The Morgan fingerprint density at radius 1 is 1.35 bits per heavy atom. The zero-order chi connectivity index (χ0) is 16.2. The fourth-order valence-electron chi connectivity index (χ4n) is 3.31. The van der Waals surface area contributed by atoms with Gasteiger partial charge in [-0.3, -0.25) is 9.69 Å². The normalized spacial score (nSPS) is 23.4. The molecule has 0 bridgehead atoms. The van der Waals surface area contributed by atoms with E-state index < -0.39 is 0 Å². The Hall–Kier alpha value is -0.980. The number of nitrogens with zero attached hydrogens (tertiary/aromatic N) is 3. The first-order valence-electron chi connectivity index (χ1n) is 8.71. The Balaban J connectivity index is 1.67. The third kappa shape index (κ3) is 4.11. The van der Waals surface area contributed by atoms with Crippen LogP contribution in [0.5, 0.6) is 0 Å². The van der Waals surface area contributed by atoms with Crippen molar-refractivity contribution in [1.29, 1.82) is 0 Å². The van der Waals surface area contributed by atoms with E-state index in [-0.39, 0.29) is 5.91 Å². The number of thiazole rings is 1. The van der Waals surface area contributed by atoms with Crippen molar-refractivity contribution in [1.82, 2.24) is 14.8 Å². The number of ether oxygens (including phenoxy) is 1. The summed E-state index contributed by atoms with van der Waals surface area (Å²) in [7, 11) is 0. The number of hydrogen-bond donors (Lipinski definition) is 0. The quantitative estimate of drug-likeness (QED) is 0.847. The van der Waals surface area contributed by atoms with Crippen molar-refractivity contribution in [3.05, 3.63) is 16.1 Å². The first-order chi connectivity index (χ1) is 11.1. The van der Waals surface area contributed by atoms with Gasteiger partial charge < -0.3 is 9.64 Å². The highest BCUT2D eigenvalue weighted by Crippen LogP contribution is 2.24. The van der Waals surface area contributed by atoms with Gasteiger partial charge in [-0.15, -0.1) is 11.3 Å². The summed E-state index contributed by atoms with van der Waals surface area (Å²) in [4.78, 5) is 22.0. The molecule has 128 valence electrons. The van der Waals surface area contributed by atoms with E-state index >= 15 is 0 Å². The first-order valence-corrected chi connectivity index (χ1v) is 9.59. The molecule has 2 aliphatic rings. The molecule has 0 spiro atoms. The lowest BCUT2D eigenvalue weighted by atomic mass is 10.0. The molecule has 2 aliphatic heterocycles. The summed E-state index contributed by atoms with van der Waals surface area (Å²) in [6, 6.07) is 0.320. The average molecular weight is 337 g/mol. The molecule has 23 heavy (non-hydrogen) atoms. The summed E-state index contributed by atoms with van der Waals surface area (Å²) in [5, 5.41) is 2.68. The third-order valence-corrected chi connectivity index (χ3v) is 5.61. The van der Waals surface area contributed by atoms with Crippen LogP contribution in [0.25, 0.3) is 0 Å². The van der Waals surface area contributed by atoms with Crippen molar-refractivity contribution < 1.29 is 9.53 Å². The Morgan fingerprint density at radius 2 is 2.13 bits per heavy atom. The van der Waals surface area contributed by atoms with Gasteiger partial charge in [0.2, 0.25) is 0 Å². The number of rotatable bonds is 4. The minimum absolute atomic E-state index is 0.125. The van der Waals surface area contributed by atoms with E-state index in [9.17, 15) is 4.79 Å². The molecule has 3 rings (SSSR count). The lowest BCUT2D eigenvalue weighted by Gasteiger charge is -2.39. The summed E-state index contributed by atoms with van der Waals surface area (Å²) < 4.78 is 5.43. The van der Waals surface area contributed by atoms with Gasteiger partial charge in [-0.05, 0) is 25.2 Å². The zero-order valence-electron chi connectivity index (χ0n) is 14.2. The maximum atomic E-state index is 12.9. The molecule has 1 aromatic rings. The highest BCUT2D eigenvalue weighted by atomic mass is 32.1. The second-order valence-corrected chi connectivity index (χ2v) is 7.65. The Bertz CT molecular complexity index is 526. The average Bonchev–Trinajstić information content (AvgIpc) is 3.06. The van der Waals surface area contributed by atoms with Crippen molar-refractivity contribution in [3.63, 3.8) is 0 Å². The van der Waals surface area contributed by atoms with Crippen LogP contribution in [0.1, 0.15) is 54.5 Å². The highest BCUT2D eigenvalue weighted by molar-refractivity contribution is 7.11. The van der Waals surface area contributed by atoms with Crippen molar-refractivity contribution in [3.8, 4) is 0 Å². The Kier molecular flexibility index (Phi) is 5.67. The number of carbonyl (C=O) groups excluding carboxylic acids is 1. The summed E-state index contributed by atoms with van der Waals surface area (Å²) in [5.74, 6) is 0.498. The first kappa shape index (κ1) is 16.9. The van der Waals surface area contributed by atoms with Gasteiger partial charge in [0.15, 0.2) is 5.01 Å². The summed E-state index contributed by atoms with van der Waals surface area (Å²) in [6.45, 7) is 9.65. The molecular formula is C17H27N3O2S. The van der Waals surface area contributed by atoms with Crippen molar-refractivity contribution in [2.75, 3.05) is 39.4 Å². The van der Waals surface area contributed by atoms with Crippen LogP contribution in [0.15, 0.2) is 5.38 Å². The number of hydrogen-bond acceptors (Lipinski definition) is 5. The molecule has 1 aromatic heterocycles. The van der Waals surface area contributed by atoms with Crippen LogP contribution in [0.4, 0.5) is 0 Å². The van der Waals surface area contributed by atoms with Gasteiger partial charge in [0.25, 0.3) is 5.91 Å². The second-order valence-electron chi connectivity index (χ2n) is 6.79. The molecule has 2 saturated heterocycles. The van der Waals surface area contributed by atoms with Crippen LogP contribution < -0.4 is 0 Å². The monoisotopic (exact) mass is 337 g/mol. The summed E-state index contributed by atoms with van der Waals surface area (Å²) in [6.07, 6.45) is 3.42. The van der Waals surface area contributed by atoms with E-state index in [4.69, 9.17) is 4.74 Å². The molecule has 3 heterocycles. The standard InChI is InChI=1S/C17H27N3O2S/c1-13(2)15-12-23-16(18-15)17(21)20-6-4-3-5-14(20)11-19-7-9-22-10-8-19/h12-14H,3-11H2,1-2H3/t14-/m0/s1. The van der Waals surface area contributed by atoms with E-state index in [1.54, 1.807) is 0 Å². The van der Waals surface area contributed by atoms with E-state index in [1.165, 1.54) is 17.8 Å². The minimum atomic E-state index is 0.125. The lowest BCUT2D eigenvalue weighted by molar-refractivity contribution is 0.0166. The van der Waals surface area contributed by atoms with Crippen molar-refractivity contribution in [2.24, 2.45) is 0 Å². The number of amides is 1. The van der Waals surface area contributed by atoms with Crippen LogP contribution in [-0.4, -0.2) is 66.1 Å². The SMILES string of the molecule is CC(C)c1csc(C(=O)N2CCCC[C@H]2CN2CCOCC2)n1. The van der Waals surface area contributed by atoms with E-state index in [1.807, 2.05) is 5.38 Å². The topological polar surface area (TPSA) is 45.7 Å². The Labute approximate surface area is 142 Å². The molecule has 0 N–H and O–H groups in total. The number of aromatic nitrogens is 1. The fraction of sp³-hybridized carbons (Fsp3) is 0.765. The van der Waals surface area contributed by atoms with Crippen LogP contribution >= 0.6 is 11.3 Å². The fourth-order valence-corrected chi connectivity index (χ4v) is 4.25. The maximum absolute atomic E-state index is 12.9. The van der Waals surface area contributed by atoms with Crippen molar-refractivity contribution >= 4 is 17.2 Å². The number of piperidine rings is 1. The van der Waals surface area contributed by atoms with E-state index in [0.717, 1.165) is 57.9 Å².